The Labute approximate surface area is 235 Å². The summed E-state index contributed by atoms with van der Waals surface area (Å²) in [5.41, 5.74) is 2.20. The number of nitrogens with zero attached hydrogens (tertiary/aromatic N) is 4. The molecule has 1 fully saturated rings. The molecule has 2 unspecified atom stereocenters. The number of rotatable bonds is 8. The number of benzene rings is 1. The zero-order valence-corrected chi connectivity index (χ0v) is 22.9. The molecule has 12 heteroatoms. The molecule has 0 radical (unpaired) electrons. The van der Waals surface area contributed by atoms with Crippen molar-refractivity contribution in [1.82, 2.24) is 25.2 Å². The highest BCUT2D eigenvalue weighted by Gasteiger charge is 2.37. The van der Waals surface area contributed by atoms with Crippen LogP contribution in [0.1, 0.15) is 53.1 Å². The van der Waals surface area contributed by atoms with Gasteiger partial charge < -0.3 is 25.4 Å². The van der Waals surface area contributed by atoms with Gasteiger partial charge in [-0.1, -0.05) is 17.7 Å². The molecule has 5 rings (SSSR count). The lowest BCUT2D eigenvalue weighted by Crippen LogP contribution is -2.47. The number of amides is 2. The maximum Gasteiger partial charge on any atom is 0.255 e. The number of hydrogen-bond acceptors (Lipinski definition) is 8. The lowest BCUT2D eigenvalue weighted by molar-refractivity contribution is -0.126. The number of ether oxygens (including phenoxy) is 1. The summed E-state index contributed by atoms with van der Waals surface area (Å²) < 4.78 is 20.7. The maximum absolute atomic E-state index is 15.3. The first kappa shape index (κ1) is 27.9. The van der Waals surface area contributed by atoms with Gasteiger partial charge in [-0.25, -0.2) is 14.4 Å². The summed E-state index contributed by atoms with van der Waals surface area (Å²) in [6.45, 7) is 4.22. The van der Waals surface area contributed by atoms with E-state index in [1.807, 2.05) is 13.0 Å². The van der Waals surface area contributed by atoms with Crippen molar-refractivity contribution >= 4 is 29.4 Å². The third-order valence-electron chi connectivity index (χ3n) is 7.20. The van der Waals surface area contributed by atoms with Crippen LogP contribution in [0.15, 0.2) is 36.5 Å². The highest BCUT2D eigenvalue weighted by Crippen LogP contribution is 2.34. The molecular weight excluding hydrogens is 539 g/mol. The van der Waals surface area contributed by atoms with Crippen LogP contribution in [0.2, 0.25) is 5.02 Å². The largest absolute Gasteiger partial charge is 0.394 e. The minimum Gasteiger partial charge on any atom is -0.394 e. The molecule has 2 aliphatic heterocycles. The molecule has 3 aromatic rings. The standard InChI is InChI=1S/C28H30ClFN6O4/c1-15-4-3-5-23(32-15)24(14-37)34-26(38)16(2)36-13-20-19(27(36)39)10-17(11-22(20)30)25-21(29)12-31-28(35-25)33-18-6-8-40-9-7-18/h3-5,10-12,16,18,24,37H,6-9,13-14H2,1-2H3,(H,34,38)(H,31,33,35). The second-order valence-corrected chi connectivity index (χ2v) is 10.4. The number of aryl methyl sites for hydroxylation is 1. The van der Waals surface area contributed by atoms with Crippen LogP contribution < -0.4 is 10.6 Å². The molecule has 0 saturated carbocycles. The monoisotopic (exact) mass is 568 g/mol. The summed E-state index contributed by atoms with van der Waals surface area (Å²) in [6, 6.07) is 6.60. The fourth-order valence-electron chi connectivity index (χ4n) is 4.90. The van der Waals surface area contributed by atoms with Gasteiger partial charge in [0, 0.05) is 41.6 Å². The van der Waals surface area contributed by atoms with Gasteiger partial charge in [-0.2, -0.15) is 0 Å². The van der Waals surface area contributed by atoms with E-state index in [2.05, 4.69) is 25.6 Å². The number of aromatic nitrogens is 3. The number of fused-ring (bicyclic) bond motifs is 1. The average Bonchev–Trinajstić information content (AvgIpc) is 3.29. The van der Waals surface area contributed by atoms with Gasteiger partial charge in [0.05, 0.1) is 41.8 Å². The first-order chi connectivity index (χ1) is 19.2. The summed E-state index contributed by atoms with van der Waals surface area (Å²) >= 11 is 6.39. The molecule has 4 heterocycles. The van der Waals surface area contributed by atoms with E-state index >= 15 is 4.39 Å². The van der Waals surface area contributed by atoms with Gasteiger partial charge in [-0.15, -0.1) is 0 Å². The molecular formula is C28H30ClFN6O4. The average molecular weight is 569 g/mol. The number of halogens is 2. The quantitative estimate of drug-likeness (QED) is 0.377. The Hall–Kier alpha value is -3.67. The maximum atomic E-state index is 15.3. The van der Waals surface area contributed by atoms with Gasteiger partial charge >= 0.3 is 0 Å². The van der Waals surface area contributed by atoms with E-state index < -0.39 is 29.7 Å². The van der Waals surface area contributed by atoms with E-state index in [4.69, 9.17) is 16.3 Å². The molecule has 2 amide bonds. The zero-order chi connectivity index (χ0) is 28.4. The Kier molecular flexibility index (Phi) is 8.24. The highest BCUT2D eigenvalue weighted by atomic mass is 35.5. The molecule has 40 heavy (non-hydrogen) atoms. The number of aliphatic hydroxyl groups is 1. The molecule has 1 saturated heterocycles. The Morgan fingerprint density at radius 3 is 2.77 bits per heavy atom. The predicted octanol–water partition coefficient (Wildman–Crippen LogP) is 3.42. The molecule has 3 N–H and O–H groups in total. The lowest BCUT2D eigenvalue weighted by Gasteiger charge is -2.25. The van der Waals surface area contributed by atoms with Gasteiger partial charge in [0.2, 0.25) is 11.9 Å². The van der Waals surface area contributed by atoms with E-state index in [0.29, 0.717) is 36.1 Å². The molecule has 2 aromatic heterocycles. The summed E-state index contributed by atoms with van der Waals surface area (Å²) in [5.74, 6) is -1.22. The van der Waals surface area contributed by atoms with E-state index in [9.17, 15) is 14.7 Å². The van der Waals surface area contributed by atoms with Crippen molar-refractivity contribution in [3.05, 3.63) is 69.9 Å². The summed E-state index contributed by atoms with van der Waals surface area (Å²) in [4.78, 5) is 40.9. The Morgan fingerprint density at radius 2 is 2.05 bits per heavy atom. The summed E-state index contributed by atoms with van der Waals surface area (Å²) in [6.07, 6.45) is 3.06. The van der Waals surface area contributed by atoms with E-state index in [1.54, 1.807) is 25.1 Å². The van der Waals surface area contributed by atoms with Crippen LogP contribution in [0.25, 0.3) is 11.3 Å². The first-order valence-electron chi connectivity index (χ1n) is 13.1. The summed E-state index contributed by atoms with van der Waals surface area (Å²) in [5, 5.41) is 16.1. The first-order valence-corrected chi connectivity index (χ1v) is 13.5. The van der Waals surface area contributed by atoms with Crippen LogP contribution in [-0.2, 0) is 16.1 Å². The van der Waals surface area contributed by atoms with Gasteiger partial charge in [0.15, 0.2) is 0 Å². The van der Waals surface area contributed by atoms with Gasteiger partial charge in [-0.3, -0.25) is 14.6 Å². The van der Waals surface area contributed by atoms with Crippen LogP contribution in [-0.4, -0.2) is 68.7 Å². The fraction of sp³-hybridized carbons (Fsp3) is 0.393. The topological polar surface area (TPSA) is 130 Å². The van der Waals surface area contributed by atoms with Crippen molar-refractivity contribution in [1.29, 1.82) is 0 Å². The van der Waals surface area contributed by atoms with Gasteiger partial charge in [0.1, 0.15) is 11.9 Å². The minimum absolute atomic E-state index is 0.0740. The third kappa shape index (κ3) is 5.77. The SMILES string of the molecule is Cc1cccc(C(CO)NC(=O)C(C)N2Cc3c(F)cc(-c4nc(NC5CCOCC5)ncc4Cl)cc3C2=O)n1. The van der Waals surface area contributed by atoms with Crippen LogP contribution >= 0.6 is 11.6 Å². The number of anilines is 1. The van der Waals surface area contributed by atoms with Crippen molar-refractivity contribution < 1.29 is 23.8 Å². The number of aliphatic hydroxyl groups excluding tert-OH is 1. The minimum atomic E-state index is -0.931. The van der Waals surface area contributed by atoms with Gasteiger partial charge in [-0.05, 0) is 51.0 Å². The van der Waals surface area contributed by atoms with Crippen molar-refractivity contribution in [2.24, 2.45) is 0 Å². The number of hydrogen-bond donors (Lipinski definition) is 3. The van der Waals surface area contributed by atoms with E-state index in [0.717, 1.165) is 18.5 Å². The summed E-state index contributed by atoms with van der Waals surface area (Å²) in [7, 11) is 0. The Balaban J connectivity index is 1.35. The molecule has 1 aromatic carbocycles. The van der Waals surface area contributed by atoms with Crippen molar-refractivity contribution in [2.45, 2.75) is 51.4 Å². The van der Waals surface area contributed by atoms with Crippen molar-refractivity contribution in [3.8, 4) is 11.3 Å². The Bertz CT molecular complexity index is 1430. The number of nitrogens with one attached hydrogen (secondary N) is 2. The van der Waals surface area contributed by atoms with Crippen molar-refractivity contribution in [3.63, 3.8) is 0 Å². The molecule has 2 atom stereocenters. The fourth-order valence-corrected chi connectivity index (χ4v) is 5.10. The Morgan fingerprint density at radius 1 is 1.27 bits per heavy atom. The van der Waals surface area contributed by atoms with Crippen LogP contribution in [0, 0.1) is 12.7 Å². The van der Waals surface area contributed by atoms with Crippen LogP contribution in [0.4, 0.5) is 10.3 Å². The third-order valence-corrected chi connectivity index (χ3v) is 7.48. The molecule has 0 bridgehead atoms. The van der Waals surface area contributed by atoms with Crippen LogP contribution in [0.3, 0.4) is 0 Å². The van der Waals surface area contributed by atoms with Gasteiger partial charge in [0.25, 0.3) is 5.91 Å². The lowest BCUT2D eigenvalue weighted by atomic mass is 10.0. The number of carbonyl (C=O) groups is 2. The molecule has 0 spiro atoms. The molecule has 210 valence electrons. The molecule has 10 nitrogen and oxygen atoms in total. The zero-order valence-electron chi connectivity index (χ0n) is 22.2. The highest BCUT2D eigenvalue weighted by molar-refractivity contribution is 6.33. The van der Waals surface area contributed by atoms with E-state index in [1.165, 1.54) is 17.2 Å². The number of pyridine rings is 1. The molecule has 0 aliphatic carbocycles. The normalized spacial score (nSPS) is 16.9. The van der Waals surface area contributed by atoms with E-state index in [-0.39, 0.29) is 35.3 Å². The predicted molar refractivity (Wildman–Crippen MR) is 146 cm³/mol. The second kappa shape index (κ2) is 11.8. The van der Waals surface area contributed by atoms with Crippen molar-refractivity contribution in [2.75, 3.05) is 25.1 Å². The second-order valence-electron chi connectivity index (χ2n) is 9.96. The van der Waals surface area contributed by atoms with Crippen LogP contribution in [0.5, 0.6) is 0 Å². The number of carbonyl (C=O) groups excluding carboxylic acids is 2. The smallest absolute Gasteiger partial charge is 0.255 e. The molecule has 2 aliphatic rings.